The molecule has 134 valence electrons. The quantitative estimate of drug-likeness (QED) is 0.682. The second-order valence-corrected chi connectivity index (χ2v) is 6.03. The largest absolute Gasteiger partial charge is 0.330 e. The standard InChI is InChI=1S/C19H20FN5O/c1-3-14(2)25(11-15-7-4-5-8-16(15)20)19(26)17-9-6-10-18(23-17)24-12-21-22-13-24/h4-10,12-14H,3,11H2,1-2H3. The van der Waals surface area contributed by atoms with Gasteiger partial charge in [0.15, 0.2) is 0 Å². The molecule has 1 atom stereocenters. The van der Waals surface area contributed by atoms with Crippen molar-refractivity contribution in [2.75, 3.05) is 0 Å². The van der Waals surface area contributed by atoms with Crippen molar-refractivity contribution in [2.45, 2.75) is 32.9 Å². The fourth-order valence-electron chi connectivity index (χ4n) is 2.61. The Balaban J connectivity index is 1.91. The van der Waals surface area contributed by atoms with E-state index in [1.54, 1.807) is 45.9 Å². The van der Waals surface area contributed by atoms with Crippen LogP contribution in [0.5, 0.6) is 0 Å². The smallest absolute Gasteiger partial charge is 0.273 e. The summed E-state index contributed by atoms with van der Waals surface area (Å²) in [5.41, 5.74) is 0.781. The fourth-order valence-corrected chi connectivity index (χ4v) is 2.61. The molecule has 2 aromatic heterocycles. The average molecular weight is 353 g/mol. The van der Waals surface area contributed by atoms with Crippen LogP contribution in [-0.2, 0) is 6.54 Å². The minimum Gasteiger partial charge on any atom is -0.330 e. The van der Waals surface area contributed by atoms with Crippen molar-refractivity contribution in [2.24, 2.45) is 0 Å². The number of benzene rings is 1. The zero-order valence-electron chi connectivity index (χ0n) is 14.7. The molecule has 0 saturated heterocycles. The van der Waals surface area contributed by atoms with E-state index in [0.717, 1.165) is 6.42 Å². The van der Waals surface area contributed by atoms with Crippen LogP contribution in [0.4, 0.5) is 4.39 Å². The Morgan fingerprint density at radius 3 is 2.58 bits per heavy atom. The van der Waals surface area contributed by atoms with Crippen molar-refractivity contribution in [1.82, 2.24) is 24.6 Å². The number of hydrogen-bond donors (Lipinski definition) is 0. The lowest BCUT2D eigenvalue weighted by molar-refractivity contribution is 0.0663. The van der Waals surface area contributed by atoms with Crippen LogP contribution in [-0.4, -0.2) is 36.6 Å². The third kappa shape index (κ3) is 3.77. The van der Waals surface area contributed by atoms with E-state index in [0.29, 0.717) is 17.1 Å². The molecule has 0 aliphatic carbocycles. The van der Waals surface area contributed by atoms with Crippen LogP contribution in [0.1, 0.15) is 36.3 Å². The Labute approximate surface area is 151 Å². The maximum Gasteiger partial charge on any atom is 0.273 e. The van der Waals surface area contributed by atoms with Gasteiger partial charge in [-0.2, -0.15) is 0 Å². The molecular weight excluding hydrogens is 333 g/mol. The lowest BCUT2D eigenvalue weighted by Gasteiger charge is -2.28. The Hall–Kier alpha value is -3.09. The summed E-state index contributed by atoms with van der Waals surface area (Å²) in [4.78, 5) is 19.1. The van der Waals surface area contributed by atoms with Gasteiger partial charge in [-0.25, -0.2) is 9.37 Å². The van der Waals surface area contributed by atoms with Crippen LogP contribution in [0, 0.1) is 5.82 Å². The number of hydrogen-bond acceptors (Lipinski definition) is 4. The zero-order chi connectivity index (χ0) is 18.5. The van der Waals surface area contributed by atoms with Gasteiger partial charge < -0.3 is 4.90 Å². The lowest BCUT2D eigenvalue weighted by atomic mass is 10.1. The second-order valence-electron chi connectivity index (χ2n) is 6.03. The Morgan fingerprint density at radius 2 is 1.88 bits per heavy atom. The van der Waals surface area contributed by atoms with E-state index < -0.39 is 0 Å². The number of amides is 1. The van der Waals surface area contributed by atoms with Crippen molar-refractivity contribution in [3.05, 3.63) is 72.2 Å². The maximum atomic E-state index is 14.1. The van der Waals surface area contributed by atoms with Gasteiger partial charge in [0.1, 0.15) is 30.0 Å². The summed E-state index contributed by atoms with van der Waals surface area (Å²) in [6.07, 6.45) is 3.79. The zero-order valence-corrected chi connectivity index (χ0v) is 14.7. The van der Waals surface area contributed by atoms with Crippen LogP contribution in [0.15, 0.2) is 55.1 Å². The van der Waals surface area contributed by atoms with Gasteiger partial charge in [0.05, 0.1) is 0 Å². The summed E-state index contributed by atoms with van der Waals surface area (Å²) >= 11 is 0. The number of nitrogens with zero attached hydrogens (tertiary/aromatic N) is 5. The third-order valence-electron chi connectivity index (χ3n) is 4.32. The summed E-state index contributed by atoms with van der Waals surface area (Å²) in [5, 5.41) is 7.50. The molecule has 6 nitrogen and oxygen atoms in total. The van der Waals surface area contributed by atoms with Gasteiger partial charge in [0, 0.05) is 18.2 Å². The van der Waals surface area contributed by atoms with Gasteiger partial charge in [-0.15, -0.1) is 10.2 Å². The minimum atomic E-state index is -0.320. The van der Waals surface area contributed by atoms with Crippen LogP contribution >= 0.6 is 0 Å². The molecule has 1 unspecified atom stereocenters. The van der Waals surface area contributed by atoms with Crippen molar-refractivity contribution in [3.63, 3.8) is 0 Å². The van der Waals surface area contributed by atoms with Crippen LogP contribution in [0.2, 0.25) is 0 Å². The number of aromatic nitrogens is 4. The van der Waals surface area contributed by atoms with E-state index in [-0.39, 0.29) is 24.3 Å². The van der Waals surface area contributed by atoms with E-state index in [2.05, 4.69) is 15.2 Å². The van der Waals surface area contributed by atoms with Crippen LogP contribution in [0.25, 0.3) is 5.82 Å². The molecule has 7 heteroatoms. The predicted octanol–water partition coefficient (Wildman–Crippen LogP) is 3.24. The van der Waals surface area contributed by atoms with E-state index >= 15 is 0 Å². The first-order valence-electron chi connectivity index (χ1n) is 8.46. The topological polar surface area (TPSA) is 63.9 Å². The highest BCUT2D eigenvalue weighted by Gasteiger charge is 2.23. The maximum absolute atomic E-state index is 14.1. The monoisotopic (exact) mass is 353 g/mol. The molecule has 0 aliphatic rings. The first-order chi connectivity index (χ1) is 12.6. The van der Waals surface area contributed by atoms with Gasteiger partial charge in [0.25, 0.3) is 5.91 Å². The van der Waals surface area contributed by atoms with Crippen molar-refractivity contribution >= 4 is 5.91 Å². The summed E-state index contributed by atoms with van der Waals surface area (Å²) in [5.74, 6) is -0.00632. The van der Waals surface area contributed by atoms with Gasteiger partial charge in [-0.3, -0.25) is 9.36 Å². The first kappa shape index (κ1) is 17.7. The summed E-state index contributed by atoms with van der Waals surface area (Å²) in [6.45, 7) is 4.13. The van der Waals surface area contributed by atoms with Crippen molar-refractivity contribution in [1.29, 1.82) is 0 Å². The first-order valence-corrected chi connectivity index (χ1v) is 8.46. The molecule has 3 aromatic rings. The molecule has 26 heavy (non-hydrogen) atoms. The van der Waals surface area contributed by atoms with Crippen LogP contribution < -0.4 is 0 Å². The number of rotatable bonds is 6. The van der Waals surface area contributed by atoms with Gasteiger partial charge in [-0.1, -0.05) is 31.2 Å². The minimum absolute atomic E-state index is 0.0533. The Bertz CT molecular complexity index is 881. The molecular formula is C19H20FN5O. The Morgan fingerprint density at radius 1 is 1.15 bits per heavy atom. The molecule has 1 aromatic carbocycles. The SMILES string of the molecule is CCC(C)N(Cc1ccccc1F)C(=O)c1cccc(-n2cnnc2)n1. The number of carbonyl (C=O) groups is 1. The lowest BCUT2D eigenvalue weighted by Crippen LogP contribution is -2.38. The number of halogens is 1. The number of carbonyl (C=O) groups excluding carboxylic acids is 1. The van der Waals surface area contributed by atoms with Crippen LogP contribution in [0.3, 0.4) is 0 Å². The van der Waals surface area contributed by atoms with Gasteiger partial charge >= 0.3 is 0 Å². The average Bonchev–Trinajstić information content (AvgIpc) is 3.21. The van der Waals surface area contributed by atoms with Gasteiger partial charge in [-0.05, 0) is 31.5 Å². The third-order valence-corrected chi connectivity index (χ3v) is 4.32. The van der Waals surface area contributed by atoms with E-state index in [1.165, 1.54) is 18.7 Å². The normalized spacial score (nSPS) is 12.0. The predicted molar refractivity (Wildman–Crippen MR) is 95.2 cm³/mol. The van der Waals surface area contributed by atoms with Gasteiger partial charge in [0.2, 0.25) is 0 Å². The molecule has 0 radical (unpaired) electrons. The number of pyridine rings is 1. The molecule has 0 fully saturated rings. The molecule has 0 aliphatic heterocycles. The summed E-state index contributed by atoms with van der Waals surface area (Å²) in [7, 11) is 0. The molecule has 0 saturated carbocycles. The summed E-state index contributed by atoms with van der Waals surface area (Å²) in [6, 6.07) is 11.6. The fraction of sp³-hybridized carbons (Fsp3) is 0.263. The molecule has 3 rings (SSSR count). The molecule has 2 heterocycles. The summed E-state index contributed by atoms with van der Waals surface area (Å²) < 4.78 is 15.7. The molecule has 0 bridgehead atoms. The van der Waals surface area contributed by atoms with Crippen molar-refractivity contribution in [3.8, 4) is 5.82 Å². The Kier molecular flexibility index (Phi) is 5.36. The van der Waals surface area contributed by atoms with E-state index in [1.807, 2.05) is 13.8 Å². The highest BCUT2D eigenvalue weighted by atomic mass is 19.1. The van der Waals surface area contributed by atoms with E-state index in [9.17, 15) is 9.18 Å². The highest BCUT2D eigenvalue weighted by molar-refractivity contribution is 5.92. The van der Waals surface area contributed by atoms with Crippen molar-refractivity contribution < 1.29 is 9.18 Å². The van der Waals surface area contributed by atoms with E-state index in [4.69, 9.17) is 0 Å². The highest BCUT2D eigenvalue weighted by Crippen LogP contribution is 2.17. The molecule has 0 spiro atoms. The second kappa shape index (κ2) is 7.86. The molecule has 0 N–H and O–H groups in total. The molecule has 1 amide bonds.